The highest BCUT2D eigenvalue weighted by atomic mass is 19.4. The van der Waals surface area contributed by atoms with E-state index in [0.717, 1.165) is 49.3 Å². The van der Waals surface area contributed by atoms with Crippen molar-refractivity contribution in [3.63, 3.8) is 0 Å². The number of amides is 1. The van der Waals surface area contributed by atoms with Crippen LogP contribution in [0.25, 0.3) is 0 Å². The van der Waals surface area contributed by atoms with Crippen molar-refractivity contribution in [1.82, 2.24) is 15.3 Å². The van der Waals surface area contributed by atoms with Gasteiger partial charge >= 0.3 is 6.18 Å². The Hall–Kier alpha value is -2.84. The third-order valence-corrected chi connectivity index (χ3v) is 5.50. The van der Waals surface area contributed by atoms with E-state index in [2.05, 4.69) is 20.6 Å². The van der Waals surface area contributed by atoms with Gasteiger partial charge in [-0.2, -0.15) is 18.2 Å². The number of aryl methyl sites for hydroxylation is 1. The van der Waals surface area contributed by atoms with Crippen molar-refractivity contribution in [2.75, 3.05) is 30.9 Å². The molecule has 1 aliphatic carbocycles. The predicted octanol–water partition coefficient (Wildman–Crippen LogP) is 4.27. The third kappa shape index (κ3) is 6.32. The fourth-order valence-corrected chi connectivity index (χ4v) is 3.69. The molecule has 6 nitrogen and oxygen atoms in total. The molecule has 1 aromatic carbocycles. The van der Waals surface area contributed by atoms with Gasteiger partial charge < -0.3 is 15.5 Å². The Labute approximate surface area is 180 Å². The first kappa shape index (κ1) is 22.8. The molecule has 0 unspecified atom stereocenters. The zero-order valence-corrected chi connectivity index (χ0v) is 18.0. The summed E-state index contributed by atoms with van der Waals surface area (Å²) in [6, 6.07) is 6.49. The van der Waals surface area contributed by atoms with Crippen LogP contribution in [0.5, 0.6) is 0 Å². The zero-order valence-electron chi connectivity index (χ0n) is 18.0. The minimum absolute atomic E-state index is 0.233. The normalized spacial score (nSPS) is 19.0. The van der Waals surface area contributed by atoms with Crippen LogP contribution in [0.3, 0.4) is 0 Å². The fourth-order valence-electron chi connectivity index (χ4n) is 3.69. The zero-order chi connectivity index (χ0) is 22.6. The van der Waals surface area contributed by atoms with E-state index in [-0.39, 0.29) is 17.5 Å². The van der Waals surface area contributed by atoms with E-state index in [1.54, 1.807) is 0 Å². The van der Waals surface area contributed by atoms with E-state index in [0.29, 0.717) is 18.4 Å². The highest BCUT2D eigenvalue weighted by molar-refractivity contribution is 5.94. The molecule has 31 heavy (non-hydrogen) atoms. The molecule has 3 rings (SSSR count). The van der Waals surface area contributed by atoms with Gasteiger partial charge in [-0.15, -0.1) is 0 Å². The number of nitrogens with zero attached hydrogens (tertiary/aromatic N) is 3. The van der Waals surface area contributed by atoms with Gasteiger partial charge in [-0.25, -0.2) is 4.98 Å². The summed E-state index contributed by atoms with van der Waals surface area (Å²) in [5, 5.41) is 6.27. The summed E-state index contributed by atoms with van der Waals surface area (Å²) in [4.78, 5) is 23.2. The van der Waals surface area contributed by atoms with E-state index >= 15 is 0 Å². The molecule has 1 amide bonds. The molecular weight excluding hydrogens is 407 g/mol. The first-order valence-corrected chi connectivity index (χ1v) is 10.4. The van der Waals surface area contributed by atoms with E-state index in [1.807, 2.05) is 32.0 Å². The molecule has 1 saturated carbocycles. The Kier molecular flexibility index (Phi) is 7.02. The van der Waals surface area contributed by atoms with Crippen LogP contribution in [-0.4, -0.2) is 42.6 Å². The first-order chi connectivity index (χ1) is 14.6. The molecule has 2 aromatic rings. The fraction of sp³-hybridized carbons (Fsp3) is 0.500. The van der Waals surface area contributed by atoms with E-state index in [9.17, 15) is 18.0 Å². The molecule has 0 radical (unpaired) electrons. The van der Waals surface area contributed by atoms with E-state index in [4.69, 9.17) is 0 Å². The van der Waals surface area contributed by atoms with Crippen LogP contribution in [0, 0.1) is 12.8 Å². The summed E-state index contributed by atoms with van der Waals surface area (Å²) >= 11 is 0. The molecule has 0 aliphatic heterocycles. The molecule has 0 bridgehead atoms. The Balaban J connectivity index is 1.46. The van der Waals surface area contributed by atoms with E-state index < -0.39 is 11.7 Å². The first-order valence-electron chi connectivity index (χ1n) is 10.4. The molecule has 168 valence electrons. The van der Waals surface area contributed by atoms with Crippen molar-refractivity contribution in [2.24, 2.45) is 5.92 Å². The smallest absolute Gasteiger partial charge is 0.363 e. The van der Waals surface area contributed by atoms with Gasteiger partial charge in [0.15, 0.2) is 0 Å². The van der Waals surface area contributed by atoms with Gasteiger partial charge in [-0.3, -0.25) is 4.79 Å². The summed E-state index contributed by atoms with van der Waals surface area (Å²) in [7, 11) is 3.88. The van der Waals surface area contributed by atoms with E-state index in [1.165, 1.54) is 12.1 Å². The van der Waals surface area contributed by atoms with Crippen molar-refractivity contribution in [2.45, 2.75) is 44.8 Å². The van der Waals surface area contributed by atoms with Crippen LogP contribution in [0.4, 0.5) is 24.9 Å². The van der Waals surface area contributed by atoms with Gasteiger partial charge in [0, 0.05) is 44.0 Å². The second kappa shape index (κ2) is 9.53. The van der Waals surface area contributed by atoms with Crippen molar-refractivity contribution in [3.8, 4) is 0 Å². The molecule has 9 heteroatoms. The molecule has 1 aliphatic rings. The Morgan fingerprint density at radius 2 is 1.74 bits per heavy atom. The number of carbonyl (C=O) groups is 1. The molecule has 0 saturated heterocycles. The van der Waals surface area contributed by atoms with Gasteiger partial charge in [0.2, 0.25) is 5.95 Å². The number of hydrogen-bond donors (Lipinski definition) is 2. The maximum atomic E-state index is 12.6. The van der Waals surface area contributed by atoms with Crippen LogP contribution >= 0.6 is 0 Å². The van der Waals surface area contributed by atoms with Crippen LogP contribution in [0.15, 0.2) is 30.3 Å². The number of rotatable bonds is 6. The van der Waals surface area contributed by atoms with Gasteiger partial charge in [-0.1, -0.05) is 0 Å². The number of anilines is 2. The SMILES string of the molecule is Cc1cc(N(C)C)nc(NC2CCC(CNC(=O)c3ccc(C(F)(F)F)cc3)CC2)n1. The average Bonchev–Trinajstić information content (AvgIpc) is 2.72. The maximum absolute atomic E-state index is 12.6. The largest absolute Gasteiger partial charge is 0.416 e. The number of alkyl halides is 3. The summed E-state index contributed by atoms with van der Waals surface area (Å²) in [5.74, 6) is 1.47. The Morgan fingerprint density at radius 1 is 1.10 bits per heavy atom. The lowest BCUT2D eigenvalue weighted by Gasteiger charge is -2.29. The highest BCUT2D eigenvalue weighted by Gasteiger charge is 2.30. The van der Waals surface area contributed by atoms with Crippen molar-refractivity contribution >= 4 is 17.7 Å². The summed E-state index contributed by atoms with van der Waals surface area (Å²) in [6.45, 7) is 2.45. The molecule has 0 atom stereocenters. The molecular formula is C22H28F3N5O. The number of hydrogen-bond acceptors (Lipinski definition) is 5. The molecule has 1 aromatic heterocycles. The lowest BCUT2D eigenvalue weighted by molar-refractivity contribution is -0.137. The number of benzene rings is 1. The van der Waals surface area contributed by atoms with Crippen LogP contribution in [0.2, 0.25) is 0 Å². The molecule has 1 heterocycles. The van der Waals surface area contributed by atoms with Gasteiger partial charge in [-0.05, 0) is 62.8 Å². The Bertz CT molecular complexity index is 891. The summed E-state index contributed by atoms with van der Waals surface area (Å²) in [5.41, 5.74) is 0.377. The monoisotopic (exact) mass is 435 g/mol. The van der Waals surface area contributed by atoms with Crippen molar-refractivity contribution in [3.05, 3.63) is 47.2 Å². The highest BCUT2D eigenvalue weighted by Crippen LogP contribution is 2.29. The number of carbonyl (C=O) groups excluding carboxylic acids is 1. The van der Waals surface area contributed by atoms with Gasteiger partial charge in [0.25, 0.3) is 5.91 Å². The summed E-state index contributed by atoms with van der Waals surface area (Å²) in [6.07, 6.45) is -0.640. The van der Waals surface area contributed by atoms with Gasteiger partial charge in [0.05, 0.1) is 5.56 Å². The van der Waals surface area contributed by atoms with Crippen molar-refractivity contribution < 1.29 is 18.0 Å². The quantitative estimate of drug-likeness (QED) is 0.709. The Morgan fingerprint density at radius 3 is 2.32 bits per heavy atom. The molecule has 2 N–H and O–H groups in total. The number of aromatic nitrogens is 2. The van der Waals surface area contributed by atoms with Crippen molar-refractivity contribution in [1.29, 1.82) is 0 Å². The van der Waals surface area contributed by atoms with Crippen LogP contribution in [0.1, 0.15) is 47.3 Å². The molecule has 0 spiro atoms. The average molecular weight is 435 g/mol. The predicted molar refractivity (Wildman–Crippen MR) is 114 cm³/mol. The lowest BCUT2D eigenvalue weighted by Crippen LogP contribution is -2.34. The second-order valence-electron chi connectivity index (χ2n) is 8.23. The number of nitrogens with one attached hydrogen (secondary N) is 2. The summed E-state index contributed by atoms with van der Waals surface area (Å²) < 4.78 is 37.9. The lowest BCUT2D eigenvalue weighted by atomic mass is 9.86. The van der Waals surface area contributed by atoms with Crippen LogP contribution in [-0.2, 0) is 6.18 Å². The van der Waals surface area contributed by atoms with Gasteiger partial charge in [0.1, 0.15) is 5.82 Å². The topological polar surface area (TPSA) is 70.2 Å². The number of halogens is 3. The van der Waals surface area contributed by atoms with Crippen LogP contribution < -0.4 is 15.5 Å². The second-order valence-corrected chi connectivity index (χ2v) is 8.23. The third-order valence-electron chi connectivity index (χ3n) is 5.50. The standard InChI is InChI=1S/C22H28F3N5O/c1-14-12-19(30(2)3)29-21(27-14)28-18-10-4-15(5-11-18)13-26-20(31)16-6-8-17(9-7-16)22(23,24)25/h6-9,12,15,18H,4-5,10-11,13H2,1-3H3,(H,26,31)(H,27,28,29). The molecule has 1 fully saturated rings. The maximum Gasteiger partial charge on any atom is 0.416 e. The minimum atomic E-state index is -4.40. The minimum Gasteiger partial charge on any atom is -0.363 e.